The van der Waals surface area contributed by atoms with Crippen LogP contribution in [0.1, 0.15) is 53.1 Å². The lowest BCUT2D eigenvalue weighted by Crippen LogP contribution is -2.62. The molecule has 5 nitrogen and oxygen atoms in total. The Morgan fingerprint density at radius 2 is 1.72 bits per heavy atom. The highest BCUT2D eigenvalue weighted by molar-refractivity contribution is 6.31. The zero-order valence-corrected chi connectivity index (χ0v) is 23.3. The molecular weight excluding hydrogens is 550 g/mol. The van der Waals surface area contributed by atoms with Gasteiger partial charge in [-0.15, -0.1) is 0 Å². The molecule has 0 unspecified atom stereocenters. The molecule has 0 aromatic heterocycles. The van der Waals surface area contributed by atoms with E-state index in [0.29, 0.717) is 24.4 Å². The van der Waals surface area contributed by atoms with Gasteiger partial charge in [0.1, 0.15) is 5.54 Å². The topological polar surface area (TPSA) is 52.7 Å². The van der Waals surface area contributed by atoms with Crippen molar-refractivity contribution in [2.24, 2.45) is 11.8 Å². The molecule has 2 aromatic rings. The van der Waals surface area contributed by atoms with Crippen LogP contribution in [0.15, 0.2) is 42.5 Å². The maximum absolute atomic E-state index is 14.5. The van der Waals surface area contributed by atoms with E-state index in [1.807, 2.05) is 12.1 Å². The molecule has 0 bridgehead atoms. The fraction of sp³-hybridized carbons (Fsp3) is 0.517. The van der Waals surface area contributed by atoms with Crippen LogP contribution >= 0.6 is 23.2 Å². The third-order valence-corrected chi connectivity index (χ3v) is 9.19. The Morgan fingerprint density at radius 3 is 2.33 bits per heavy atom. The molecule has 0 spiro atoms. The number of hydrogen-bond acceptors (Lipinski definition) is 4. The van der Waals surface area contributed by atoms with Crippen molar-refractivity contribution in [3.63, 3.8) is 0 Å². The van der Waals surface area contributed by atoms with Crippen LogP contribution in [0.2, 0.25) is 10.0 Å². The van der Waals surface area contributed by atoms with E-state index < -0.39 is 34.1 Å². The molecule has 2 heterocycles. The first-order valence-corrected chi connectivity index (χ1v) is 14.1. The standard InChI is InChI=1S/C29H32Cl2F3N3O2/c1-36(27(39)21-6-9-25(31)23(14-21)29(32,33)34)28(17-35-15-24(28)19-4-7-22(30)8-5-19)26(38)20-10-12-37(13-11-20)16-18-2-3-18/h4-9,14,18,20,24,35H,2-3,10-13,15-17H2,1H3/t24-,28+/m1/s1. The Bertz CT molecular complexity index is 1230. The van der Waals surface area contributed by atoms with Crippen molar-refractivity contribution in [1.82, 2.24) is 15.1 Å². The summed E-state index contributed by atoms with van der Waals surface area (Å²) in [6, 6.07) is 10.3. The first-order valence-electron chi connectivity index (χ1n) is 13.4. The van der Waals surface area contributed by atoms with E-state index in [-0.39, 0.29) is 23.8 Å². The predicted molar refractivity (Wildman–Crippen MR) is 145 cm³/mol. The molecule has 2 aromatic carbocycles. The highest BCUT2D eigenvalue weighted by Gasteiger charge is 2.56. The summed E-state index contributed by atoms with van der Waals surface area (Å²) in [5.41, 5.74) is -1.67. The number of alkyl halides is 3. The van der Waals surface area contributed by atoms with Gasteiger partial charge in [-0.3, -0.25) is 9.59 Å². The zero-order chi connectivity index (χ0) is 27.9. The molecule has 3 aliphatic rings. The first kappa shape index (κ1) is 28.4. The molecule has 1 saturated carbocycles. The number of piperidine rings is 1. The molecule has 2 atom stereocenters. The van der Waals surface area contributed by atoms with Crippen LogP contribution in [0.4, 0.5) is 13.2 Å². The van der Waals surface area contributed by atoms with Crippen molar-refractivity contribution in [3.8, 4) is 0 Å². The molecule has 0 radical (unpaired) electrons. The van der Waals surface area contributed by atoms with E-state index in [4.69, 9.17) is 23.2 Å². The van der Waals surface area contributed by atoms with Gasteiger partial charge in [0, 0.05) is 49.1 Å². The Kier molecular flexibility index (Phi) is 8.04. The van der Waals surface area contributed by atoms with Crippen molar-refractivity contribution >= 4 is 34.9 Å². The number of Topliss-reactive ketones (excluding diaryl/α,β-unsaturated/α-hetero) is 1. The minimum absolute atomic E-state index is 0.0422. The van der Waals surface area contributed by atoms with Crippen molar-refractivity contribution < 1.29 is 22.8 Å². The molecular formula is C29H32Cl2F3N3O2. The third-order valence-electron chi connectivity index (χ3n) is 8.61. The van der Waals surface area contributed by atoms with Gasteiger partial charge in [-0.25, -0.2) is 0 Å². The number of rotatable bonds is 7. The summed E-state index contributed by atoms with van der Waals surface area (Å²) in [5, 5.41) is 3.38. The van der Waals surface area contributed by atoms with E-state index in [0.717, 1.165) is 43.2 Å². The van der Waals surface area contributed by atoms with Crippen LogP contribution in [-0.2, 0) is 11.0 Å². The van der Waals surface area contributed by atoms with Crippen LogP contribution in [-0.4, -0.2) is 66.8 Å². The number of carbonyl (C=O) groups is 2. The van der Waals surface area contributed by atoms with Gasteiger partial charge in [-0.2, -0.15) is 13.2 Å². The number of halogens is 5. The Balaban J connectivity index is 1.49. The maximum Gasteiger partial charge on any atom is 0.417 e. The van der Waals surface area contributed by atoms with E-state index in [1.165, 1.54) is 30.9 Å². The molecule has 3 fully saturated rings. The summed E-state index contributed by atoms with van der Waals surface area (Å²) in [6.07, 6.45) is -0.785. The molecule has 10 heteroatoms. The monoisotopic (exact) mass is 581 g/mol. The highest BCUT2D eigenvalue weighted by Crippen LogP contribution is 2.42. The average Bonchev–Trinajstić information content (AvgIpc) is 3.62. The number of amides is 1. The lowest BCUT2D eigenvalue weighted by molar-refractivity contribution is -0.137. The third kappa shape index (κ3) is 5.71. The summed E-state index contributed by atoms with van der Waals surface area (Å²) in [7, 11) is 1.53. The summed E-state index contributed by atoms with van der Waals surface area (Å²) in [4.78, 5) is 32.1. The molecule has 210 valence electrons. The molecule has 2 saturated heterocycles. The fourth-order valence-electron chi connectivity index (χ4n) is 6.21. The Hall–Kier alpha value is -2.13. The largest absolute Gasteiger partial charge is 0.417 e. The molecule has 1 aliphatic carbocycles. The second kappa shape index (κ2) is 11.0. The Morgan fingerprint density at radius 1 is 1.05 bits per heavy atom. The quantitative estimate of drug-likeness (QED) is 0.442. The number of hydrogen-bond donors (Lipinski definition) is 1. The number of carbonyl (C=O) groups excluding carboxylic acids is 2. The van der Waals surface area contributed by atoms with Crippen molar-refractivity contribution in [1.29, 1.82) is 0 Å². The molecule has 39 heavy (non-hydrogen) atoms. The van der Waals surface area contributed by atoms with Crippen molar-refractivity contribution in [3.05, 3.63) is 69.2 Å². The molecule has 5 rings (SSSR count). The summed E-state index contributed by atoms with van der Waals surface area (Å²) < 4.78 is 40.7. The number of benzene rings is 2. The van der Waals surface area contributed by atoms with Crippen LogP contribution < -0.4 is 5.32 Å². The normalized spacial score (nSPS) is 24.6. The van der Waals surface area contributed by atoms with Gasteiger partial charge >= 0.3 is 6.18 Å². The fourth-order valence-corrected chi connectivity index (χ4v) is 6.56. The molecule has 2 aliphatic heterocycles. The average molecular weight is 582 g/mol. The van der Waals surface area contributed by atoms with Gasteiger partial charge in [-0.1, -0.05) is 35.3 Å². The molecule has 1 amide bonds. The first-order chi connectivity index (χ1) is 18.5. The minimum Gasteiger partial charge on any atom is -0.327 e. The highest BCUT2D eigenvalue weighted by atomic mass is 35.5. The smallest absolute Gasteiger partial charge is 0.327 e. The predicted octanol–water partition coefficient (Wildman–Crippen LogP) is 5.90. The van der Waals surface area contributed by atoms with Gasteiger partial charge in [0.05, 0.1) is 10.6 Å². The lowest BCUT2D eigenvalue weighted by Gasteiger charge is -2.45. The number of nitrogens with zero attached hydrogens (tertiary/aromatic N) is 2. The van der Waals surface area contributed by atoms with Crippen LogP contribution in [0.3, 0.4) is 0 Å². The van der Waals surface area contributed by atoms with Crippen LogP contribution in [0, 0.1) is 11.8 Å². The number of ketones is 1. The number of nitrogens with one attached hydrogen (secondary N) is 1. The second-order valence-electron chi connectivity index (χ2n) is 11.1. The SMILES string of the molecule is CN(C(=O)c1ccc(Cl)c(C(F)(F)F)c1)[C@@]1(C(=O)C2CCN(CC3CC3)CC2)CNC[C@@H]1c1ccc(Cl)cc1. The van der Waals surface area contributed by atoms with Crippen LogP contribution in [0.5, 0.6) is 0 Å². The van der Waals surface area contributed by atoms with E-state index >= 15 is 0 Å². The lowest BCUT2D eigenvalue weighted by atomic mass is 9.71. The van der Waals surface area contributed by atoms with E-state index in [9.17, 15) is 22.8 Å². The van der Waals surface area contributed by atoms with Gasteiger partial charge in [0.25, 0.3) is 5.91 Å². The number of likely N-dealkylation sites (N-methyl/N-ethyl adjacent to an activating group) is 1. The second-order valence-corrected chi connectivity index (χ2v) is 11.9. The van der Waals surface area contributed by atoms with E-state index in [1.54, 1.807) is 12.1 Å². The van der Waals surface area contributed by atoms with Gasteiger partial charge < -0.3 is 15.1 Å². The number of likely N-dealkylation sites (tertiary alicyclic amines) is 1. The van der Waals surface area contributed by atoms with Crippen LogP contribution in [0.25, 0.3) is 0 Å². The van der Waals surface area contributed by atoms with Gasteiger partial charge in [0.2, 0.25) is 0 Å². The maximum atomic E-state index is 14.5. The molecule has 1 N–H and O–H groups in total. The van der Waals surface area contributed by atoms with Gasteiger partial charge in [-0.05, 0) is 80.6 Å². The van der Waals surface area contributed by atoms with Gasteiger partial charge in [0.15, 0.2) is 5.78 Å². The van der Waals surface area contributed by atoms with E-state index in [2.05, 4.69) is 10.2 Å². The minimum atomic E-state index is -4.71. The summed E-state index contributed by atoms with van der Waals surface area (Å²) >= 11 is 11.9. The summed E-state index contributed by atoms with van der Waals surface area (Å²) in [5.74, 6) is -0.572. The van der Waals surface area contributed by atoms with Crippen molar-refractivity contribution in [2.75, 3.05) is 39.8 Å². The zero-order valence-electron chi connectivity index (χ0n) is 21.7. The van der Waals surface area contributed by atoms with Crippen molar-refractivity contribution in [2.45, 2.75) is 43.3 Å². The summed E-state index contributed by atoms with van der Waals surface area (Å²) in [6.45, 7) is 3.37. The Labute approximate surface area is 236 Å².